The second-order valence-corrected chi connectivity index (χ2v) is 5.00. The fourth-order valence-electron chi connectivity index (χ4n) is 1.98. The molecule has 0 fully saturated rings. The molecule has 4 heteroatoms. The molecule has 2 aromatic carbocycles. The molecule has 0 unspecified atom stereocenters. The van der Waals surface area contributed by atoms with Crippen LogP contribution >= 0.6 is 11.6 Å². The van der Waals surface area contributed by atoms with Crippen molar-refractivity contribution in [2.24, 2.45) is 5.16 Å². The van der Waals surface area contributed by atoms with E-state index < -0.39 is 0 Å². The van der Waals surface area contributed by atoms with Crippen molar-refractivity contribution < 1.29 is 9.94 Å². The molecular weight excluding hydrogens is 274 g/mol. The van der Waals surface area contributed by atoms with E-state index in [4.69, 9.17) is 21.5 Å². The Bertz CT molecular complexity index is 601. The minimum absolute atomic E-state index is 0.198. The molecule has 2 rings (SSSR count). The molecule has 0 radical (unpaired) electrons. The van der Waals surface area contributed by atoms with E-state index in [1.54, 1.807) is 24.3 Å². The summed E-state index contributed by atoms with van der Waals surface area (Å²) >= 11 is 5.84. The number of aryl methyl sites for hydroxylation is 2. The topological polar surface area (TPSA) is 41.8 Å². The number of para-hydroxylation sites is 1. The molecule has 0 amide bonds. The molecule has 2 aromatic rings. The second-order valence-electron chi connectivity index (χ2n) is 4.56. The van der Waals surface area contributed by atoms with Crippen LogP contribution in [0.25, 0.3) is 0 Å². The summed E-state index contributed by atoms with van der Waals surface area (Å²) < 4.78 is 5.78. The van der Waals surface area contributed by atoms with Crippen LogP contribution in [0.5, 0.6) is 5.75 Å². The van der Waals surface area contributed by atoms with E-state index in [1.807, 2.05) is 32.0 Å². The van der Waals surface area contributed by atoms with E-state index in [2.05, 4.69) is 5.16 Å². The average Bonchev–Trinajstić information content (AvgIpc) is 2.44. The van der Waals surface area contributed by atoms with Gasteiger partial charge in [0.05, 0.1) is 0 Å². The van der Waals surface area contributed by atoms with Gasteiger partial charge in [-0.2, -0.15) is 0 Å². The van der Waals surface area contributed by atoms with Gasteiger partial charge in [-0.1, -0.05) is 47.1 Å². The summed E-state index contributed by atoms with van der Waals surface area (Å²) in [5.41, 5.74) is 3.35. The van der Waals surface area contributed by atoms with Gasteiger partial charge in [-0.25, -0.2) is 0 Å². The van der Waals surface area contributed by atoms with Crippen LogP contribution in [0, 0.1) is 13.8 Å². The first kappa shape index (κ1) is 14.4. The molecule has 1 N–H and O–H groups in total. The van der Waals surface area contributed by atoms with Crippen LogP contribution in [0.3, 0.4) is 0 Å². The molecule has 0 saturated carbocycles. The van der Waals surface area contributed by atoms with Crippen molar-refractivity contribution in [1.82, 2.24) is 0 Å². The molecule has 0 heterocycles. The molecule has 0 aromatic heterocycles. The van der Waals surface area contributed by atoms with Gasteiger partial charge in [-0.3, -0.25) is 0 Å². The Morgan fingerprint density at radius 3 is 2.25 bits per heavy atom. The Morgan fingerprint density at radius 1 is 1.10 bits per heavy atom. The first-order valence-electron chi connectivity index (χ1n) is 6.27. The average molecular weight is 290 g/mol. The summed E-state index contributed by atoms with van der Waals surface area (Å²) in [7, 11) is 0. The minimum atomic E-state index is 0.198. The fourth-order valence-corrected chi connectivity index (χ4v) is 2.11. The van der Waals surface area contributed by atoms with Crippen molar-refractivity contribution in [3.63, 3.8) is 0 Å². The van der Waals surface area contributed by atoms with Crippen LogP contribution in [0.2, 0.25) is 5.02 Å². The molecule has 0 saturated heterocycles. The summed E-state index contributed by atoms with van der Waals surface area (Å²) in [4.78, 5) is 0. The van der Waals surface area contributed by atoms with E-state index in [1.165, 1.54) is 0 Å². The third kappa shape index (κ3) is 3.31. The second kappa shape index (κ2) is 6.44. The largest absolute Gasteiger partial charge is 0.487 e. The lowest BCUT2D eigenvalue weighted by atomic mass is 10.1. The Morgan fingerprint density at radius 2 is 1.70 bits per heavy atom. The maximum absolute atomic E-state index is 9.14. The van der Waals surface area contributed by atoms with Crippen LogP contribution in [-0.2, 0) is 0 Å². The van der Waals surface area contributed by atoms with Gasteiger partial charge in [0.15, 0.2) is 0 Å². The third-order valence-corrected chi connectivity index (χ3v) is 3.31. The highest BCUT2D eigenvalue weighted by Gasteiger charge is 2.08. The van der Waals surface area contributed by atoms with Crippen molar-refractivity contribution in [3.8, 4) is 5.75 Å². The lowest BCUT2D eigenvalue weighted by Crippen LogP contribution is -2.14. The summed E-state index contributed by atoms with van der Waals surface area (Å²) in [6.07, 6.45) is 0. The number of rotatable bonds is 4. The highest BCUT2D eigenvalue weighted by molar-refractivity contribution is 6.30. The number of hydrogen-bond acceptors (Lipinski definition) is 3. The van der Waals surface area contributed by atoms with Crippen molar-refractivity contribution in [2.75, 3.05) is 6.61 Å². The van der Waals surface area contributed by atoms with Gasteiger partial charge in [0.25, 0.3) is 0 Å². The van der Waals surface area contributed by atoms with Crippen LogP contribution in [0.15, 0.2) is 47.6 Å². The molecule has 0 aliphatic carbocycles. The van der Waals surface area contributed by atoms with Crippen LogP contribution < -0.4 is 4.74 Å². The van der Waals surface area contributed by atoms with Crippen molar-refractivity contribution >= 4 is 17.3 Å². The lowest BCUT2D eigenvalue weighted by molar-refractivity contribution is 0.307. The van der Waals surface area contributed by atoms with E-state index >= 15 is 0 Å². The smallest absolute Gasteiger partial charge is 0.134 e. The number of benzene rings is 2. The van der Waals surface area contributed by atoms with Gasteiger partial charge in [-0.05, 0) is 37.1 Å². The van der Waals surface area contributed by atoms with Gasteiger partial charge < -0.3 is 9.94 Å². The molecule has 0 bridgehead atoms. The Balaban J connectivity index is 2.14. The normalized spacial score (nSPS) is 11.4. The van der Waals surface area contributed by atoms with Crippen LogP contribution in [-0.4, -0.2) is 17.5 Å². The quantitative estimate of drug-likeness (QED) is 0.520. The Hall–Kier alpha value is -2.00. The monoisotopic (exact) mass is 289 g/mol. The number of hydrogen-bond donors (Lipinski definition) is 1. The maximum atomic E-state index is 9.14. The van der Waals surface area contributed by atoms with Gasteiger partial charge in [-0.15, -0.1) is 0 Å². The zero-order valence-corrected chi connectivity index (χ0v) is 12.2. The highest BCUT2D eigenvalue weighted by atomic mass is 35.5. The molecule has 104 valence electrons. The third-order valence-electron chi connectivity index (χ3n) is 3.06. The minimum Gasteiger partial charge on any atom is -0.487 e. The van der Waals surface area contributed by atoms with Gasteiger partial charge in [0.1, 0.15) is 18.1 Å². The molecule has 0 spiro atoms. The zero-order chi connectivity index (χ0) is 14.5. The van der Waals surface area contributed by atoms with Crippen LogP contribution in [0.1, 0.15) is 16.7 Å². The van der Waals surface area contributed by atoms with E-state index in [-0.39, 0.29) is 6.61 Å². The van der Waals surface area contributed by atoms with Crippen molar-refractivity contribution in [2.45, 2.75) is 13.8 Å². The van der Waals surface area contributed by atoms with E-state index in [9.17, 15) is 0 Å². The number of nitrogens with zero attached hydrogens (tertiary/aromatic N) is 1. The molecule has 20 heavy (non-hydrogen) atoms. The molecule has 0 atom stereocenters. The van der Waals surface area contributed by atoms with Crippen molar-refractivity contribution in [1.29, 1.82) is 0 Å². The summed E-state index contributed by atoms with van der Waals surface area (Å²) in [6.45, 7) is 4.17. The Kier molecular flexibility index (Phi) is 4.64. The lowest BCUT2D eigenvalue weighted by Gasteiger charge is -2.12. The van der Waals surface area contributed by atoms with Crippen LogP contribution in [0.4, 0.5) is 0 Å². The first-order valence-corrected chi connectivity index (χ1v) is 6.65. The van der Waals surface area contributed by atoms with Gasteiger partial charge in [0, 0.05) is 10.6 Å². The SMILES string of the molecule is Cc1cccc(C)c1OCC(=NO)c1ccc(Cl)cc1. The van der Waals surface area contributed by atoms with Crippen molar-refractivity contribution in [3.05, 3.63) is 64.2 Å². The molecule has 0 aliphatic heterocycles. The standard InChI is InChI=1S/C16H16ClNO2/c1-11-4-3-5-12(2)16(11)20-10-15(18-19)13-6-8-14(17)9-7-13/h3-9,19H,10H2,1-2H3. The van der Waals surface area contributed by atoms with E-state index in [0.717, 1.165) is 22.4 Å². The highest BCUT2D eigenvalue weighted by Crippen LogP contribution is 2.22. The predicted octanol–water partition coefficient (Wildman–Crippen LogP) is 4.21. The Labute approximate surface area is 123 Å². The first-order chi connectivity index (χ1) is 9.61. The maximum Gasteiger partial charge on any atom is 0.134 e. The number of halogens is 1. The predicted molar refractivity (Wildman–Crippen MR) is 81.2 cm³/mol. The van der Waals surface area contributed by atoms with Gasteiger partial charge >= 0.3 is 0 Å². The molecular formula is C16H16ClNO2. The molecule has 0 aliphatic rings. The number of oxime groups is 1. The summed E-state index contributed by atoms with van der Waals surface area (Å²) in [5.74, 6) is 0.822. The summed E-state index contributed by atoms with van der Waals surface area (Å²) in [5, 5.41) is 13.1. The number of ether oxygens (including phenoxy) is 1. The summed E-state index contributed by atoms with van der Waals surface area (Å²) in [6, 6.07) is 13.1. The zero-order valence-electron chi connectivity index (χ0n) is 11.4. The van der Waals surface area contributed by atoms with Gasteiger partial charge in [0.2, 0.25) is 0 Å². The fraction of sp³-hybridized carbons (Fsp3) is 0.188. The van der Waals surface area contributed by atoms with E-state index in [0.29, 0.717) is 10.7 Å². The molecule has 3 nitrogen and oxygen atoms in total.